The summed E-state index contributed by atoms with van der Waals surface area (Å²) in [6.45, 7) is 4.75. The van der Waals surface area contributed by atoms with Crippen LogP contribution in [0.5, 0.6) is 0 Å². The summed E-state index contributed by atoms with van der Waals surface area (Å²) in [7, 11) is 0. The minimum Gasteiger partial charge on any atom is -0.481 e. The molecule has 0 aliphatic heterocycles. The molecule has 0 spiro atoms. The van der Waals surface area contributed by atoms with Crippen molar-refractivity contribution in [1.29, 1.82) is 0 Å². The molecule has 1 atom stereocenters. The fourth-order valence-corrected chi connectivity index (χ4v) is 2.07. The maximum atomic E-state index is 12.7. The van der Waals surface area contributed by atoms with E-state index in [2.05, 4.69) is 0 Å². The number of hydrogen-bond acceptors (Lipinski definition) is 1. The van der Waals surface area contributed by atoms with Gasteiger partial charge in [-0.3, -0.25) is 4.79 Å². The Morgan fingerprint density at radius 3 is 1.88 bits per heavy atom. The van der Waals surface area contributed by atoms with Crippen molar-refractivity contribution < 1.29 is 23.1 Å². The summed E-state index contributed by atoms with van der Waals surface area (Å²) in [5.41, 5.74) is 1.37. The van der Waals surface area contributed by atoms with Gasteiger partial charge in [-0.2, -0.15) is 13.2 Å². The second kappa shape index (κ2) is 4.39. The van der Waals surface area contributed by atoms with Crippen LogP contribution in [-0.4, -0.2) is 17.3 Å². The van der Waals surface area contributed by atoms with Crippen molar-refractivity contribution in [2.24, 2.45) is 0 Å². The van der Waals surface area contributed by atoms with Gasteiger partial charge in [-0.15, -0.1) is 0 Å². The number of aryl methyl sites for hydroxylation is 3. The van der Waals surface area contributed by atoms with Crippen molar-refractivity contribution in [1.82, 2.24) is 0 Å². The molecule has 1 rings (SSSR count). The highest BCUT2D eigenvalue weighted by Gasteiger charge is 2.47. The predicted octanol–water partition coefficient (Wildman–Crippen LogP) is 3.34. The number of carboxylic acid groups (broad SMARTS) is 1. The van der Waals surface area contributed by atoms with Crippen molar-refractivity contribution in [3.8, 4) is 0 Å². The molecule has 0 aliphatic carbocycles. The second-order valence-electron chi connectivity index (χ2n) is 4.13. The number of hydrogen-bond donors (Lipinski definition) is 1. The normalized spacial score (nSPS) is 13.5. The first-order chi connectivity index (χ1) is 7.64. The fraction of sp³-hybridized carbons (Fsp3) is 0.417. The van der Waals surface area contributed by atoms with Gasteiger partial charge in [0, 0.05) is 0 Å². The van der Waals surface area contributed by atoms with Crippen LogP contribution < -0.4 is 0 Å². The van der Waals surface area contributed by atoms with E-state index >= 15 is 0 Å². The van der Waals surface area contributed by atoms with Crippen LogP contribution in [0.15, 0.2) is 12.1 Å². The summed E-state index contributed by atoms with van der Waals surface area (Å²) in [6.07, 6.45) is -4.78. The first-order valence-electron chi connectivity index (χ1n) is 5.02. The molecule has 5 heteroatoms. The van der Waals surface area contributed by atoms with Crippen LogP contribution in [0, 0.1) is 20.8 Å². The van der Waals surface area contributed by atoms with E-state index in [0.717, 1.165) is 5.56 Å². The zero-order valence-electron chi connectivity index (χ0n) is 9.72. The highest BCUT2D eigenvalue weighted by atomic mass is 19.4. The molecular weight excluding hydrogens is 233 g/mol. The number of alkyl halides is 3. The highest BCUT2D eigenvalue weighted by molar-refractivity contribution is 5.78. The topological polar surface area (TPSA) is 37.3 Å². The number of rotatable bonds is 2. The average molecular weight is 246 g/mol. The van der Waals surface area contributed by atoms with Gasteiger partial charge >= 0.3 is 12.1 Å². The lowest BCUT2D eigenvalue weighted by Crippen LogP contribution is -2.29. The maximum absolute atomic E-state index is 12.7. The zero-order valence-corrected chi connectivity index (χ0v) is 9.72. The lowest BCUT2D eigenvalue weighted by molar-refractivity contribution is -0.176. The summed E-state index contributed by atoms with van der Waals surface area (Å²) in [5, 5.41) is 8.76. The monoisotopic (exact) mass is 246 g/mol. The summed E-state index contributed by atoms with van der Waals surface area (Å²) in [4.78, 5) is 10.8. The van der Waals surface area contributed by atoms with E-state index in [-0.39, 0.29) is 5.56 Å². The maximum Gasteiger partial charge on any atom is 0.406 e. The van der Waals surface area contributed by atoms with Gasteiger partial charge in [0.25, 0.3) is 0 Å². The van der Waals surface area contributed by atoms with Gasteiger partial charge in [0.15, 0.2) is 5.92 Å². The Labute approximate surface area is 97.1 Å². The molecule has 0 aromatic heterocycles. The van der Waals surface area contributed by atoms with Gasteiger partial charge in [0.2, 0.25) is 0 Å². The molecular formula is C12H13F3O2. The van der Waals surface area contributed by atoms with Crippen LogP contribution in [0.4, 0.5) is 13.2 Å². The van der Waals surface area contributed by atoms with E-state index in [0.29, 0.717) is 11.1 Å². The van der Waals surface area contributed by atoms with Gasteiger partial charge in [0.05, 0.1) is 0 Å². The lowest BCUT2D eigenvalue weighted by Gasteiger charge is -2.21. The minimum absolute atomic E-state index is 0.157. The summed E-state index contributed by atoms with van der Waals surface area (Å²) >= 11 is 0. The molecule has 2 nitrogen and oxygen atoms in total. The second-order valence-corrected chi connectivity index (χ2v) is 4.13. The van der Waals surface area contributed by atoms with Crippen LogP contribution in [-0.2, 0) is 4.79 Å². The quantitative estimate of drug-likeness (QED) is 0.868. The number of benzene rings is 1. The Balaban J connectivity index is 3.44. The Morgan fingerprint density at radius 1 is 1.18 bits per heavy atom. The molecule has 0 aliphatic rings. The van der Waals surface area contributed by atoms with E-state index in [1.54, 1.807) is 19.1 Å². The van der Waals surface area contributed by atoms with Crippen molar-refractivity contribution in [2.45, 2.75) is 32.9 Å². The van der Waals surface area contributed by atoms with Gasteiger partial charge in [-0.1, -0.05) is 17.7 Å². The van der Waals surface area contributed by atoms with Gasteiger partial charge < -0.3 is 5.11 Å². The highest BCUT2D eigenvalue weighted by Crippen LogP contribution is 2.38. The minimum atomic E-state index is -4.78. The van der Waals surface area contributed by atoms with Crippen LogP contribution >= 0.6 is 0 Å². The van der Waals surface area contributed by atoms with Crippen molar-refractivity contribution in [3.63, 3.8) is 0 Å². The van der Waals surface area contributed by atoms with E-state index in [1.807, 2.05) is 0 Å². The largest absolute Gasteiger partial charge is 0.481 e. The first-order valence-corrected chi connectivity index (χ1v) is 5.02. The molecule has 0 heterocycles. The fourth-order valence-electron chi connectivity index (χ4n) is 2.07. The molecule has 94 valence electrons. The van der Waals surface area contributed by atoms with Gasteiger partial charge in [-0.25, -0.2) is 0 Å². The number of halogens is 3. The van der Waals surface area contributed by atoms with Crippen LogP contribution in [0.3, 0.4) is 0 Å². The molecule has 17 heavy (non-hydrogen) atoms. The van der Waals surface area contributed by atoms with Crippen molar-refractivity contribution in [3.05, 3.63) is 34.4 Å². The number of carbonyl (C=O) groups is 1. The van der Waals surface area contributed by atoms with Gasteiger partial charge in [-0.05, 0) is 37.5 Å². The smallest absolute Gasteiger partial charge is 0.406 e. The standard InChI is InChI=1S/C12H13F3O2/c1-6-4-7(2)9(8(3)5-6)10(11(16)17)12(13,14)15/h4-5,10H,1-3H3,(H,16,17). The molecule has 0 saturated carbocycles. The number of carboxylic acids is 1. The molecule has 1 aromatic carbocycles. The zero-order chi connectivity index (χ0) is 13.4. The lowest BCUT2D eigenvalue weighted by atomic mass is 9.89. The molecule has 1 aromatic rings. The van der Waals surface area contributed by atoms with Crippen molar-refractivity contribution in [2.75, 3.05) is 0 Å². The van der Waals surface area contributed by atoms with E-state index in [1.165, 1.54) is 13.8 Å². The summed E-state index contributed by atoms with van der Waals surface area (Å²) in [5.74, 6) is -4.32. The molecule has 0 saturated heterocycles. The Morgan fingerprint density at radius 2 is 1.59 bits per heavy atom. The molecule has 0 bridgehead atoms. The Bertz CT molecular complexity index is 427. The third-order valence-corrected chi connectivity index (χ3v) is 2.60. The van der Waals surface area contributed by atoms with E-state index in [4.69, 9.17) is 5.11 Å². The Kier molecular flexibility index (Phi) is 3.50. The molecule has 0 amide bonds. The SMILES string of the molecule is Cc1cc(C)c(C(C(=O)O)C(F)(F)F)c(C)c1. The third-order valence-electron chi connectivity index (χ3n) is 2.60. The first kappa shape index (κ1) is 13.5. The molecule has 1 N–H and O–H groups in total. The molecule has 1 unspecified atom stereocenters. The van der Waals surface area contributed by atoms with Gasteiger partial charge in [0.1, 0.15) is 0 Å². The Hall–Kier alpha value is -1.52. The molecule has 0 radical (unpaired) electrons. The summed E-state index contributed by atoms with van der Waals surface area (Å²) < 4.78 is 38.2. The third kappa shape index (κ3) is 2.78. The van der Waals surface area contributed by atoms with E-state index in [9.17, 15) is 18.0 Å². The summed E-state index contributed by atoms with van der Waals surface area (Å²) in [6, 6.07) is 3.12. The van der Waals surface area contributed by atoms with Crippen LogP contribution in [0.1, 0.15) is 28.2 Å². The van der Waals surface area contributed by atoms with Crippen LogP contribution in [0.25, 0.3) is 0 Å². The van der Waals surface area contributed by atoms with E-state index < -0.39 is 18.1 Å². The average Bonchev–Trinajstić information content (AvgIpc) is 2.07. The molecule has 0 fully saturated rings. The predicted molar refractivity (Wildman–Crippen MR) is 57.1 cm³/mol. The number of aliphatic carboxylic acids is 1. The van der Waals surface area contributed by atoms with Crippen molar-refractivity contribution >= 4 is 5.97 Å². The van der Waals surface area contributed by atoms with Crippen LogP contribution in [0.2, 0.25) is 0 Å².